The first-order chi connectivity index (χ1) is 10.8. The monoisotopic (exact) mass is 319 g/mol. The van der Waals surface area contributed by atoms with Crippen LogP contribution in [-0.2, 0) is 9.59 Å². The van der Waals surface area contributed by atoms with E-state index in [1.165, 1.54) is 12.5 Å². The van der Waals surface area contributed by atoms with Crippen LogP contribution in [-0.4, -0.2) is 38.0 Å². The average molecular weight is 319 g/mol. The van der Waals surface area contributed by atoms with Gasteiger partial charge >= 0.3 is 11.9 Å². The summed E-state index contributed by atoms with van der Waals surface area (Å²) in [5, 5.41) is 15.6. The number of hydrogen-bond acceptors (Lipinski definition) is 6. The fraction of sp³-hybridized carbons (Fsp3) is 0.0714. The number of pyridine rings is 1. The Bertz CT molecular complexity index is 721. The minimum absolute atomic E-state index is 0.373. The van der Waals surface area contributed by atoms with Crippen LogP contribution in [0.3, 0.4) is 0 Å². The van der Waals surface area contributed by atoms with Crippen molar-refractivity contribution in [2.75, 3.05) is 0 Å². The lowest BCUT2D eigenvalue weighted by atomic mass is 10.1. The van der Waals surface area contributed by atoms with E-state index in [1.54, 1.807) is 19.2 Å². The molecular formula is C14H13N3O6. The Morgan fingerprint density at radius 2 is 1.78 bits per heavy atom. The number of oxazole rings is 1. The summed E-state index contributed by atoms with van der Waals surface area (Å²) >= 11 is 0. The van der Waals surface area contributed by atoms with E-state index in [1.807, 2.05) is 0 Å². The Morgan fingerprint density at radius 1 is 1.17 bits per heavy atom. The predicted molar refractivity (Wildman–Crippen MR) is 77.4 cm³/mol. The summed E-state index contributed by atoms with van der Waals surface area (Å²) in [7, 11) is 0. The molecule has 2 rings (SSSR count). The Morgan fingerprint density at radius 3 is 2.22 bits per heavy atom. The van der Waals surface area contributed by atoms with Gasteiger partial charge in [0.25, 0.3) is 0 Å². The Balaban J connectivity index is 0.000000284. The van der Waals surface area contributed by atoms with Crippen LogP contribution < -0.4 is 5.73 Å². The molecule has 0 saturated heterocycles. The van der Waals surface area contributed by atoms with Crippen LogP contribution in [0.5, 0.6) is 0 Å². The second-order valence-electron chi connectivity index (χ2n) is 4.10. The van der Waals surface area contributed by atoms with E-state index in [2.05, 4.69) is 9.97 Å². The van der Waals surface area contributed by atoms with E-state index in [-0.39, 0.29) is 0 Å². The zero-order valence-corrected chi connectivity index (χ0v) is 12.0. The zero-order chi connectivity index (χ0) is 17.4. The van der Waals surface area contributed by atoms with Gasteiger partial charge < -0.3 is 20.4 Å². The fourth-order valence-electron chi connectivity index (χ4n) is 1.40. The number of carbonyl (C=O) groups is 3. The molecule has 0 aromatic carbocycles. The number of rotatable bonds is 4. The molecule has 0 unspecified atom stereocenters. The molecule has 0 bridgehead atoms. The van der Waals surface area contributed by atoms with Crippen molar-refractivity contribution in [3.63, 3.8) is 0 Å². The number of nitrogens with zero attached hydrogens (tertiary/aromatic N) is 2. The van der Waals surface area contributed by atoms with E-state index in [0.717, 1.165) is 5.56 Å². The van der Waals surface area contributed by atoms with E-state index < -0.39 is 17.8 Å². The van der Waals surface area contributed by atoms with Gasteiger partial charge in [-0.25, -0.2) is 14.6 Å². The van der Waals surface area contributed by atoms with Crippen molar-refractivity contribution in [2.45, 2.75) is 6.92 Å². The molecule has 0 spiro atoms. The number of primary amides is 1. The maximum Gasteiger partial charge on any atom is 0.328 e. The van der Waals surface area contributed by atoms with Gasteiger partial charge in [0.2, 0.25) is 11.8 Å². The summed E-state index contributed by atoms with van der Waals surface area (Å²) in [6, 6.07) is 1.57. The number of hydrogen-bond donors (Lipinski definition) is 3. The number of carbonyl (C=O) groups excluding carboxylic acids is 1. The third-order valence-electron chi connectivity index (χ3n) is 2.39. The quantitative estimate of drug-likeness (QED) is 0.700. The predicted octanol–water partition coefficient (Wildman–Crippen LogP) is 0.856. The van der Waals surface area contributed by atoms with Crippen molar-refractivity contribution in [1.82, 2.24) is 9.97 Å². The summed E-state index contributed by atoms with van der Waals surface area (Å²) < 4.78 is 5.07. The van der Waals surface area contributed by atoms with Crippen LogP contribution in [0.15, 0.2) is 41.3 Å². The van der Waals surface area contributed by atoms with Crippen LogP contribution in [0.4, 0.5) is 0 Å². The molecule has 9 heteroatoms. The minimum atomic E-state index is -1.26. The molecule has 0 radical (unpaired) electrons. The first-order valence-corrected chi connectivity index (χ1v) is 6.11. The highest BCUT2D eigenvalue weighted by atomic mass is 16.4. The maximum atomic E-state index is 11.1. The summed E-state index contributed by atoms with van der Waals surface area (Å²) in [5.41, 5.74) is 6.88. The molecule has 0 aliphatic rings. The normalized spacial score (nSPS) is 9.96. The maximum absolute atomic E-state index is 11.1. The number of aryl methyl sites for hydroxylation is 1. The van der Waals surface area contributed by atoms with E-state index in [9.17, 15) is 14.4 Å². The van der Waals surface area contributed by atoms with Crippen LogP contribution >= 0.6 is 0 Å². The summed E-state index contributed by atoms with van der Waals surface area (Å²) in [4.78, 5) is 38.2. The van der Waals surface area contributed by atoms with Crippen molar-refractivity contribution < 1.29 is 29.0 Å². The van der Waals surface area contributed by atoms with Crippen LogP contribution in [0.1, 0.15) is 15.9 Å². The molecule has 2 heterocycles. The smallest absolute Gasteiger partial charge is 0.328 e. The van der Waals surface area contributed by atoms with E-state index in [4.69, 9.17) is 20.4 Å². The largest absolute Gasteiger partial charge is 0.478 e. The number of nitrogens with two attached hydrogens (primary N) is 1. The van der Waals surface area contributed by atoms with Crippen LogP contribution in [0, 0.1) is 6.92 Å². The lowest BCUT2D eigenvalue weighted by Crippen LogP contribution is -2.13. The molecule has 0 fully saturated rings. The highest BCUT2D eigenvalue weighted by Gasteiger charge is 2.10. The van der Waals surface area contributed by atoms with Gasteiger partial charge in [0.15, 0.2) is 0 Å². The number of aliphatic carboxylic acids is 2. The van der Waals surface area contributed by atoms with Gasteiger partial charge in [-0.05, 0) is 18.6 Å². The lowest BCUT2D eigenvalue weighted by molar-refractivity contribution is -0.134. The average Bonchev–Trinajstić information content (AvgIpc) is 3.00. The molecule has 0 aliphatic carbocycles. The Kier molecular flexibility index (Phi) is 6.17. The van der Waals surface area contributed by atoms with Crippen LogP contribution in [0.25, 0.3) is 11.6 Å². The SMILES string of the molecule is Cc1cnc(-c2ncco2)cc1C(N)=O.O=C(O)C=CC(=O)O. The Labute approximate surface area is 130 Å². The molecule has 120 valence electrons. The molecule has 2 aromatic heterocycles. The molecule has 0 aliphatic heterocycles. The number of carboxylic acid groups (broad SMARTS) is 2. The molecule has 23 heavy (non-hydrogen) atoms. The van der Waals surface area contributed by atoms with Crippen molar-refractivity contribution in [3.05, 3.63) is 48.0 Å². The van der Waals surface area contributed by atoms with Gasteiger partial charge in [-0.2, -0.15) is 0 Å². The molecule has 2 aromatic rings. The van der Waals surface area contributed by atoms with Crippen LogP contribution in [0.2, 0.25) is 0 Å². The number of aromatic nitrogens is 2. The molecule has 0 saturated carbocycles. The number of carboxylic acids is 2. The van der Waals surface area contributed by atoms with Gasteiger partial charge in [0.05, 0.1) is 6.20 Å². The standard InChI is InChI=1S/C10H9N3O2.C4H4O4/c1-6-5-13-8(4-7(6)9(11)14)10-12-2-3-15-10;5-3(6)1-2-4(7)8/h2-5H,1H3,(H2,11,14);1-2H,(H,5,6)(H,7,8). The highest BCUT2D eigenvalue weighted by Crippen LogP contribution is 2.17. The molecule has 4 N–H and O–H groups in total. The summed E-state index contributed by atoms with van der Waals surface area (Å²) in [6.45, 7) is 1.77. The van der Waals surface area contributed by atoms with Gasteiger partial charge in [-0.15, -0.1) is 0 Å². The molecule has 9 nitrogen and oxygen atoms in total. The molecular weight excluding hydrogens is 306 g/mol. The van der Waals surface area contributed by atoms with Crippen molar-refractivity contribution in [2.24, 2.45) is 5.73 Å². The van der Waals surface area contributed by atoms with E-state index in [0.29, 0.717) is 29.3 Å². The third-order valence-corrected chi connectivity index (χ3v) is 2.39. The second-order valence-corrected chi connectivity index (χ2v) is 4.10. The molecule has 1 amide bonds. The summed E-state index contributed by atoms with van der Waals surface area (Å²) in [6.07, 6.45) is 5.64. The highest BCUT2D eigenvalue weighted by molar-refractivity contribution is 5.95. The first kappa shape index (κ1) is 17.6. The second kappa shape index (κ2) is 8.08. The van der Waals surface area contributed by atoms with Gasteiger partial charge in [-0.3, -0.25) is 9.78 Å². The van der Waals surface area contributed by atoms with Crippen molar-refractivity contribution in [3.8, 4) is 11.6 Å². The van der Waals surface area contributed by atoms with Gasteiger partial charge in [-0.1, -0.05) is 0 Å². The molecule has 0 atom stereocenters. The minimum Gasteiger partial charge on any atom is -0.478 e. The van der Waals surface area contributed by atoms with Crippen molar-refractivity contribution >= 4 is 17.8 Å². The lowest BCUT2D eigenvalue weighted by Gasteiger charge is -2.02. The third kappa shape index (κ3) is 5.79. The van der Waals surface area contributed by atoms with E-state index >= 15 is 0 Å². The van der Waals surface area contributed by atoms with Gasteiger partial charge in [0, 0.05) is 23.9 Å². The summed E-state index contributed by atoms with van der Waals surface area (Å²) in [5.74, 6) is -2.62. The first-order valence-electron chi connectivity index (χ1n) is 6.11. The fourth-order valence-corrected chi connectivity index (χ4v) is 1.40. The number of amides is 1. The topological polar surface area (TPSA) is 157 Å². The zero-order valence-electron chi connectivity index (χ0n) is 12.0. The van der Waals surface area contributed by atoms with Gasteiger partial charge in [0.1, 0.15) is 12.0 Å². The Hall–Kier alpha value is -3.49. The van der Waals surface area contributed by atoms with Crippen molar-refractivity contribution in [1.29, 1.82) is 0 Å².